The zero-order chi connectivity index (χ0) is 22.9. The molecule has 10 nitrogen and oxygen atoms in total. The van der Waals surface area contributed by atoms with E-state index in [0.717, 1.165) is 21.9 Å². The number of carbonyl (C=O) groups excluding carboxylic acids is 1. The zero-order valence-electron chi connectivity index (χ0n) is 17.0. The monoisotopic (exact) mass is 484 g/mol. The van der Waals surface area contributed by atoms with Gasteiger partial charge in [0.1, 0.15) is 29.9 Å². The number of alkyl halides is 1. The number of aromatic nitrogens is 2. The van der Waals surface area contributed by atoms with Gasteiger partial charge in [-0.3, -0.25) is 18.4 Å². The average Bonchev–Trinajstić information content (AvgIpc) is 3.08. The number of rotatable bonds is 6. The molecule has 6 atom stereocenters. The first-order chi connectivity index (χ1) is 15.3. The van der Waals surface area contributed by atoms with Crippen LogP contribution in [0.1, 0.15) is 17.9 Å². The number of hydrogen-bond acceptors (Lipinski definition) is 9. The lowest BCUT2D eigenvalue weighted by atomic mass is 10.1. The van der Waals surface area contributed by atoms with Gasteiger partial charge in [0, 0.05) is 6.20 Å². The Labute approximate surface area is 187 Å². The second-order valence-corrected chi connectivity index (χ2v) is 10.4. The van der Waals surface area contributed by atoms with E-state index in [1.54, 1.807) is 12.1 Å². The van der Waals surface area contributed by atoms with Gasteiger partial charge in [0.15, 0.2) is 6.17 Å². The van der Waals surface area contributed by atoms with E-state index >= 15 is 4.39 Å². The van der Waals surface area contributed by atoms with Crippen LogP contribution in [-0.2, 0) is 29.8 Å². The van der Waals surface area contributed by atoms with Crippen molar-refractivity contribution >= 4 is 31.3 Å². The van der Waals surface area contributed by atoms with Crippen molar-refractivity contribution in [3.63, 3.8) is 0 Å². The van der Waals surface area contributed by atoms with Crippen molar-refractivity contribution in [2.75, 3.05) is 12.3 Å². The quantitative estimate of drug-likeness (QED) is 0.463. The standard InChI is InChI=1S/C19H22FN4O6PS/c1-11(18(25)28-9-12-5-3-2-4-6-12)23-31(27)29-10-13-16(30-31)15(20)17(32-13)24-8-7-14(21)22-19(24)26/h2-8,11,13,15-17H,9-10H2,1H3,(H,23,27)(H2,21,22,26)/t11-,13+,15?,16+,17+,31?/m0/s1. The minimum absolute atomic E-state index is 0.0310. The fraction of sp³-hybridized carbons (Fsp3) is 0.421. The Morgan fingerprint density at radius 2 is 2.19 bits per heavy atom. The maximum absolute atomic E-state index is 15.2. The Kier molecular flexibility index (Phi) is 6.68. The molecule has 0 radical (unpaired) electrons. The summed E-state index contributed by atoms with van der Waals surface area (Å²) in [5, 5.41) is 1.07. The van der Waals surface area contributed by atoms with Gasteiger partial charge in [0.2, 0.25) is 0 Å². The summed E-state index contributed by atoms with van der Waals surface area (Å²) in [6, 6.07) is 9.46. The molecular weight excluding hydrogens is 462 g/mol. The van der Waals surface area contributed by atoms with Crippen LogP contribution < -0.4 is 16.5 Å². The van der Waals surface area contributed by atoms with Crippen molar-refractivity contribution in [1.82, 2.24) is 14.6 Å². The molecule has 3 heterocycles. The van der Waals surface area contributed by atoms with E-state index in [4.69, 9.17) is 19.5 Å². The van der Waals surface area contributed by atoms with E-state index in [0.29, 0.717) is 0 Å². The molecule has 13 heteroatoms. The zero-order valence-corrected chi connectivity index (χ0v) is 18.7. The van der Waals surface area contributed by atoms with Gasteiger partial charge in [-0.05, 0) is 18.6 Å². The van der Waals surface area contributed by atoms with E-state index in [-0.39, 0.29) is 19.0 Å². The number of esters is 1. The number of nitrogens with one attached hydrogen (secondary N) is 1. The van der Waals surface area contributed by atoms with Crippen molar-refractivity contribution in [2.45, 2.75) is 42.5 Å². The Hall–Kier alpha value is -2.24. The fourth-order valence-electron chi connectivity index (χ4n) is 3.37. The number of benzene rings is 1. The van der Waals surface area contributed by atoms with E-state index < -0.39 is 48.3 Å². The molecule has 3 N–H and O–H groups in total. The molecule has 1 aromatic heterocycles. The number of fused-ring (bicyclic) bond motifs is 1. The topological polar surface area (TPSA) is 135 Å². The number of carbonyl (C=O) groups is 1. The van der Waals surface area contributed by atoms with E-state index in [1.807, 2.05) is 18.2 Å². The second kappa shape index (κ2) is 9.32. The van der Waals surface area contributed by atoms with E-state index in [1.165, 1.54) is 19.2 Å². The number of hydrogen-bond donors (Lipinski definition) is 2. The highest BCUT2D eigenvalue weighted by Crippen LogP contribution is 2.57. The Morgan fingerprint density at radius 3 is 2.91 bits per heavy atom. The first kappa shape index (κ1) is 22.9. The number of nitrogen functional groups attached to an aromatic ring is 1. The number of thioether (sulfide) groups is 1. The molecule has 2 aliphatic heterocycles. The lowest BCUT2D eigenvalue weighted by Gasteiger charge is -2.33. The van der Waals surface area contributed by atoms with Crippen LogP contribution in [0.2, 0.25) is 0 Å². The van der Waals surface area contributed by atoms with Crippen LogP contribution in [0.4, 0.5) is 10.2 Å². The highest BCUT2D eigenvalue weighted by Gasteiger charge is 2.53. The van der Waals surface area contributed by atoms with Crippen LogP contribution in [0.3, 0.4) is 0 Å². The van der Waals surface area contributed by atoms with Crippen LogP contribution in [0, 0.1) is 0 Å². The van der Waals surface area contributed by atoms with Crippen LogP contribution in [-0.4, -0.2) is 45.7 Å². The molecule has 0 spiro atoms. The average molecular weight is 484 g/mol. The minimum Gasteiger partial charge on any atom is -0.460 e. The molecule has 2 saturated heterocycles. The predicted octanol–water partition coefficient (Wildman–Crippen LogP) is 2.02. The molecule has 1 aromatic carbocycles. The van der Waals surface area contributed by atoms with Crippen LogP contribution in [0.5, 0.6) is 0 Å². The molecule has 2 unspecified atom stereocenters. The molecule has 0 saturated carbocycles. The molecule has 2 aromatic rings. The summed E-state index contributed by atoms with van der Waals surface area (Å²) >= 11 is 1.12. The van der Waals surface area contributed by atoms with Crippen LogP contribution in [0.15, 0.2) is 47.4 Å². The minimum atomic E-state index is -3.99. The summed E-state index contributed by atoms with van der Waals surface area (Å²) < 4.78 is 45.4. The van der Waals surface area contributed by atoms with Crippen LogP contribution in [0.25, 0.3) is 0 Å². The van der Waals surface area contributed by atoms with Crippen molar-refractivity contribution in [1.29, 1.82) is 0 Å². The van der Waals surface area contributed by atoms with Gasteiger partial charge in [-0.15, -0.1) is 11.8 Å². The summed E-state index contributed by atoms with van der Waals surface area (Å²) in [5.41, 5.74) is 5.59. The molecule has 2 aliphatic rings. The van der Waals surface area contributed by atoms with E-state index in [9.17, 15) is 14.2 Å². The van der Waals surface area contributed by atoms with Gasteiger partial charge < -0.3 is 10.5 Å². The van der Waals surface area contributed by atoms with Crippen LogP contribution >= 0.6 is 19.5 Å². The molecule has 0 aliphatic carbocycles. The van der Waals surface area contributed by atoms with Crippen molar-refractivity contribution in [2.24, 2.45) is 0 Å². The number of nitrogens with zero attached hydrogens (tertiary/aromatic N) is 2. The number of nitrogens with two attached hydrogens (primary N) is 1. The maximum atomic E-state index is 15.2. The molecule has 0 bridgehead atoms. The van der Waals surface area contributed by atoms with Gasteiger partial charge in [-0.2, -0.15) is 4.98 Å². The molecule has 172 valence electrons. The Balaban J connectivity index is 1.38. The first-order valence-corrected chi connectivity index (χ1v) is 12.3. The van der Waals surface area contributed by atoms with Gasteiger partial charge in [-0.1, -0.05) is 30.3 Å². The first-order valence-electron chi connectivity index (χ1n) is 9.81. The molecule has 2 fully saturated rings. The molecular formula is C19H22FN4O6PS. The largest absolute Gasteiger partial charge is 0.460 e. The normalized spacial score (nSPS) is 30.4. The SMILES string of the molecule is C[C@H](NP1(=O)OC[C@H]2S[C@@H](n3ccc(N)nc3=O)C(F)[C@@H]2O1)C(=O)OCc1ccccc1. The van der Waals surface area contributed by atoms with Crippen molar-refractivity contribution < 1.29 is 27.5 Å². The van der Waals surface area contributed by atoms with Crippen molar-refractivity contribution in [3.8, 4) is 0 Å². The lowest BCUT2D eigenvalue weighted by molar-refractivity contribution is -0.146. The number of anilines is 1. The third kappa shape index (κ3) is 4.89. The van der Waals surface area contributed by atoms with Gasteiger partial charge in [0.25, 0.3) is 0 Å². The van der Waals surface area contributed by atoms with E-state index in [2.05, 4.69) is 10.1 Å². The number of halogens is 1. The maximum Gasteiger partial charge on any atom is 0.406 e. The van der Waals surface area contributed by atoms with Crippen molar-refractivity contribution in [3.05, 3.63) is 58.6 Å². The molecule has 32 heavy (non-hydrogen) atoms. The summed E-state index contributed by atoms with van der Waals surface area (Å²) in [4.78, 5) is 28.0. The van der Waals surface area contributed by atoms with Gasteiger partial charge in [-0.25, -0.2) is 18.8 Å². The lowest BCUT2D eigenvalue weighted by Crippen LogP contribution is -2.42. The summed E-state index contributed by atoms with van der Waals surface area (Å²) in [5.74, 6) is -0.628. The predicted molar refractivity (Wildman–Crippen MR) is 115 cm³/mol. The Bertz CT molecular complexity index is 1090. The Morgan fingerprint density at radius 1 is 1.44 bits per heavy atom. The van der Waals surface area contributed by atoms with Gasteiger partial charge >= 0.3 is 19.4 Å². The summed E-state index contributed by atoms with van der Waals surface area (Å²) in [6.07, 6.45) is -1.41. The second-order valence-electron chi connectivity index (χ2n) is 7.36. The van der Waals surface area contributed by atoms with Gasteiger partial charge in [0.05, 0.1) is 11.9 Å². The third-order valence-electron chi connectivity index (χ3n) is 4.99. The smallest absolute Gasteiger partial charge is 0.406 e. The summed E-state index contributed by atoms with van der Waals surface area (Å²) in [6.45, 7) is 1.42. The summed E-state index contributed by atoms with van der Waals surface area (Å²) in [7, 11) is -3.99. The number of ether oxygens (including phenoxy) is 1. The molecule has 0 amide bonds. The highest BCUT2D eigenvalue weighted by molar-refractivity contribution is 8.00. The molecule has 4 rings (SSSR count). The third-order valence-corrected chi connectivity index (χ3v) is 8.22. The fourth-order valence-corrected chi connectivity index (χ4v) is 6.73. The highest BCUT2D eigenvalue weighted by atomic mass is 32.2.